The Bertz CT molecular complexity index is 558. The number of nitrogen functional groups attached to an aromatic ring is 1. The number of aryl methyl sites for hydroxylation is 2. The number of nitrogens with two attached hydrogens (primary N) is 1. The summed E-state index contributed by atoms with van der Waals surface area (Å²) < 4.78 is 4.80. The zero-order valence-corrected chi connectivity index (χ0v) is 10.1. The fraction of sp³-hybridized carbons (Fsp3) is 0.273. The molecule has 0 radical (unpaired) electrons. The molecule has 2 heterocycles. The molecule has 0 aromatic carbocycles. The molecule has 0 unspecified atom stereocenters. The van der Waals surface area contributed by atoms with Crippen LogP contribution in [-0.4, -0.2) is 21.0 Å². The van der Waals surface area contributed by atoms with E-state index < -0.39 is 0 Å². The lowest BCUT2D eigenvalue weighted by Gasteiger charge is -2.04. The van der Waals surface area contributed by atoms with Gasteiger partial charge in [-0.2, -0.15) is 4.98 Å². The van der Waals surface area contributed by atoms with Gasteiger partial charge in [0, 0.05) is 18.2 Å². The molecule has 0 bridgehead atoms. The summed E-state index contributed by atoms with van der Waals surface area (Å²) in [6.07, 6.45) is 0. The molecule has 0 atom stereocenters. The summed E-state index contributed by atoms with van der Waals surface area (Å²) in [4.78, 5) is 19.8. The second-order valence-corrected chi connectivity index (χ2v) is 3.83. The minimum atomic E-state index is -0.255. The number of amides is 1. The molecule has 18 heavy (non-hydrogen) atoms. The van der Waals surface area contributed by atoms with Gasteiger partial charge in [0.1, 0.15) is 5.82 Å². The number of carbonyl (C=O) groups excluding carboxylic acids is 1. The molecule has 0 spiro atoms. The van der Waals surface area contributed by atoms with Gasteiger partial charge in [0.05, 0.1) is 6.54 Å². The van der Waals surface area contributed by atoms with Gasteiger partial charge in [-0.25, -0.2) is 4.98 Å². The van der Waals surface area contributed by atoms with Crippen LogP contribution in [0.3, 0.4) is 0 Å². The molecule has 2 rings (SSSR count). The second kappa shape index (κ2) is 4.82. The van der Waals surface area contributed by atoms with E-state index in [2.05, 4.69) is 20.4 Å². The molecule has 94 valence electrons. The molecule has 7 heteroatoms. The Balaban J connectivity index is 2.03. The van der Waals surface area contributed by atoms with Crippen molar-refractivity contribution in [3.8, 4) is 0 Å². The third kappa shape index (κ3) is 2.82. The van der Waals surface area contributed by atoms with E-state index in [0.29, 0.717) is 28.8 Å². The first-order valence-corrected chi connectivity index (χ1v) is 5.36. The van der Waals surface area contributed by atoms with Crippen molar-refractivity contribution in [3.05, 3.63) is 35.1 Å². The van der Waals surface area contributed by atoms with E-state index >= 15 is 0 Å². The highest BCUT2D eigenvalue weighted by Gasteiger charge is 2.09. The third-order valence-corrected chi connectivity index (χ3v) is 2.21. The standard InChI is InChI=1S/C11H13N5O2/c1-6-3-8(4-9(12)14-6)11(17)13-5-10-15-7(2)18-16-10/h3-4H,5H2,1-2H3,(H2,12,14)(H,13,17). The largest absolute Gasteiger partial charge is 0.384 e. The number of nitrogens with one attached hydrogen (secondary N) is 1. The average molecular weight is 247 g/mol. The summed E-state index contributed by atoms with van der Waals surface area (Å²) in [5.41, 5.74) is 6.73. The molecule has 2 aromatic rings. The zero-order valence-electron chi connectivity index (χ0n) is 10.1. The maximum absolute atomic E-state index is 11.8. The number of hydrogen-bond donors (Lipinski definition) is 2. The van der Waals surface area contributed by atoms with Crippen molar-refractivity contribution < 1.29 is 9.32 Å². The Kier molecular flexibility index (Phi) is 3.22. The van der Waals surface area contributed by atoms with Gasteiger partial charge in [-0.05, 0) is 19.1 Å². The summed E-state index contributed by atoms with van der Waals surface area (Å²) in [5.74, 6) is 0.952. The number of hydrogen-bond acceptors (Lipinski definition) is 6. The van der Waals surface area contributed by atoms with Gasteiger partial charge in [-0.1, -0.05) is 5.16 Å². The predicted molar refractivity (Wildman–Crippen MR) is 63.6 cm³/mol. The summed E-state index contributed by atoms with van der Waals surface area (Å²) in [6.45, 7) is 3.67. The monoisotopic (exact) mass is 247 g/mol. The number of aromatic nitrogens is 3. The van der Waals surface area contributed by atoms with Gasteiger partial charge in [0.2, 0.25) is 5.89 Å². The Morgan fingerprint density at radius 2 is 2.17 bits per heavy atom. The molecular formula is C11H13N5O2. The Hall–Kier alpha value is -2.44. The van der Waals surface area contributed by atoms with E-state index in [0.717, 1.165) is 0 Å². The molecule has 0 aliphatic carbocycles. The molecule has 2 aromatic heterocycles. The number of rotatable bonds is 3. The maximum Gasteiger partial charge on any atom is 0.251 e. The van der Waals surface area contributed by atoms with Gasteiger partial charge >= 0.3 is 0 Å². The number of nitrogens with zero attached hydrogens (tertiary/aromatic N) is 3. The lowest BCUT2D eigenvalue weighted by molar-refractivity contribution is 0.0949. The SMILES string of the molecule is Cc1cc(C(=O)NCc2noc(C)n2)cc(N)n1. The van der Waals surface area contributed by atoms with Gasteiger partial charge in [0.15, 0.2) is 5.82 Å². The molecule has 0 saturated heterocycles. The predicted octanol–water partition coefficient (Wildman–Crippen LogP) is 0.594. The van der Waals surface area contributed by atoms with E-state index in [1.807, 2.05) is 0 Å². The zero-order chi connectivity index (χ0) is 13.1. The normalized spacial score (nSPS) is 10.3. The lowest BCUT2D eigenvalue weighted by Crippen LogP contribution is -2.23. The summed E-state index contributed by atoms with van der Waals surface area (Å²) in [6, 6.07) is 3.18. The molecule has 0 aliphatic rings. The smallest absolute Gasteiger partial charge is 0.251 e. The third-order valence-electron chi connectivity index (χ3n) is 2.21. The van der Waals surface area contributed by atoms with Crippen LogP contribution in [0.15, 0.2) is 16.7 Å². The van der Waals surface area contributed by atoms with Crippen molar-refractivity contribution in [2.75, 3.05) is 5.73 Å². The lowest BCUT2D eigenvalue weighted by atomic mass is 10.2. The first-order chi connectivity index (χ1) is 8.54. The summed E-state index contributed by atoms with van der Waals surface area (Å²) in [7, 11) is 0. The van der Waals surface area contributed by atoms with E-state index in [9.17, 15) is 4.79 Å². The van der Waals surface area contributed by atoms with Crippen LogP contribution in [0.25, 0.3) is 0 Å². The highest BCUT2D eigenvalue weighted by atomic mass is 16.5. The molecule has 0 aliphatic heterocycles. The molecule has 1 amide bonds. The van der Waals surface area contributed by atoms with E-state index in [1.54, 1.807) is 19.9 Å². The van der Waals surface area contributed by atoms with Crippen LogP contribution in [0.4, 0.5) is 5.82 Å². The topological polar surface area (TPSA) is 107 Å². The molecule has 3 N–H and O–H groups in total. The van der Waals surface area contributed by atoms with Crippen LogP contribution < -0.4 is 11.1 Å². The number of anilines is 1. The van der Waals surface area contributed by atoms with Gasteiger partial charge in [-0.3, -0.25) is 4.79 Å². The van der Waals surface area contributed by atoms with Crippen LogP contribution in [0.1, 0.15) is 27.8 Å². The highest BCUT2D eigenvalue weighted by molar-refractivity contribution is 5.94. The fourth-order valence-corrected chi connectivity index (χ4v) is 1.50. The summed E-state index contributed by atoms with van der Waals surface area (Å²) >= 11 is 0. The molecular weight excluding hydrogens is 234 g/mol. The van der Waals surface area contributed by atoms with Crippen LogP contribution in [0, 0.1) is 13.8 Å². The second-order valence-electron chi connectivity index (χ2n) is 3.83. The van der Waals surface area contributed by atoms with Crippen molar-refractivity contribution in [1.29, 1.82) is 0 Å². The summed E-state index contributed by atoms with van der Waals surface area (Å²) in [5, 5.41) is 6.35. The number of carbonyl (C=O) groups is 1. The maximum atomic E-state index is 11.8. The van der Waals surface area contributed by atoms with Crippen LogP contribution >= 0.6 is 0 Å². The average Bonchev–Trinajstić information content (AvgIpc) is 2.70. The van der Waals surface area contributed by atoms with Crippen molar-refractivity contribution in [3.63, 3.8) is 0 Å². The number of pyridine rings is 1. The van der Waals surface area contributed by atoms with Crippen LogP contribution in [0.2, 0.25) is 0 Å². The quantitative estimate of drug-likeness (QED) is 0.822. The Labute approximate surface area is 103 Å². The van der Waals surface area contributed by atoms with Crippen molar-refractivity contribution in [2.24, 2.45) is 0 Å². The van der Waals surface area contributed by atoms with Gasteiger partial charge in [0.25, 0.3) is 5.91 Å². The molecule has 0 saturated carbocycles. The van der Waals surface area contributed by atoms with Crippen LogP contribution in [-0.2, 0) is 6.54 Å². The van der Waals surface area contributed by atoms with Crippen LogP contribution in [0.5, 0.6) is 0 Å². The molecule has 0 fully saturated rings. The van der Waals surface area contributed by atoms with E-state index in [1.165, 1.54) is 6.07 Å². The fourth-order valence-electron chi connectivity index (χ4n) is 1.50. The van der Waals surface area contributed by atoms with Crippen molar-refractivity contribution in [2.45, 2.75) is 20.4 Å². The Morgan fingerprint density at radius 3 is 2.78 bits per heavy atom. The first kappa shape index (κ1) is 12.0. The first-order valence-electron chi connectivity index (χ1n) is 5.36. The highest BCUT2D eigenvalue weighted by Crippen LogP contribution is 2.07. The van der Waals surface area contributed by atoms with Gasteiger partial charge < -0.3 is 15.6 Å². The van der Waals surface area contributed by atoms with Crippen molar-refractivity contribution >= 4 is 11.7 Å². The molecule has 7 nitrogen and oxygen atoms in total. The van der Waals surface area contributed by atoms with E-state index in [4.69, 9.17) is 10.3 Å². The Morgan fingerprint density at radius 1 is 1.39 bits per heavy atom. The van der Waals surface area contributed by atoms with Gasteiger partial charge in [-0.15, -0.1) is 0 Å². The minimum absolute atomic E-state index is 0.206. The van der Waals surface area contributed by atoms with Crippen molar-refractivity contribution in [1.82, 2.24) is 20.4 Å². The van der Waals surface area contributed by atoms with E-state index in [-0.39, 0.29) is 12.5 Å². The minimum Gasteiger partial charge on any atom is -0.384 e.